The maximum Gasteiger partial charge on any atom is 0.0367 e. The Labute approximate surface area is 189 Å². The molecule has 3 aliphatic rings. The Morgan fingerprint density at radius 3 is 1.94 bits per heavy atom. The molecule has 2 nitrogen and oxygen atoms in total. The predicted octanol–water partition coefficient (Wildman–Crippen LogP) is 6.42. The summed E-state index contributed by atoms with van der Waals surface area (Å²) in [5.74, 6) is 3.13. The molecule has 0 N–H and O–H groups in total. The van der Waals surface area contributed by atoms with E-state index in [9.17, 15) is 0 Å². The fraction of sp³-hybridized carbons (Fsp3) is 0.586. The zero-order chi connectivity index (χ0) is 21.4. The van der Waals surface area contributed by atoms with Crippen molar-refractivity contribution >= 4 is 5.69 Å². The highest BCUT2D eigenvalue weighted by molar-refractivity contribution is 5.50. The molecule has 0 radical (unpaired) electrons. The van der Waals surface area contributed by atoms with Crippen LogP contribution in [0.3, 0.4) is 0 Å². The molecule has 1 heterocycles. The molecule has 2 aromatic carbocycles. The van der Waals surface area contributed by atoms with Crippen molar-refractivity contribution in [2.75, 3.05) is 38.1 Å². The van der Waals surface area contributed by atoms with Crippen molar-refractivity contribution in [3.05, 3.63) is 65.7 Å². The van der Waals surface area contributed by atoms with Gasteiger partial charge >= 0.3 is 0 Å². The molecule has 5 rings (SSSR count). The lowest BCUT2D eigenvalue weighted by molar-refractivity contribution is 0.00519. The van der Waals surface area contributed by atoms with Crippen LogP contribution < -0.4 is 4.90 Å². The molecule has 1 saturated heterocycles. The zero-order valence-electron chi connectivity index (χ0n) is 19.8. The van der Waals surface area contributed by atoms with E-state index < -0.39 is 0 Å². The summed E-state index contributed by atoms with van der Waals surface area (Å²) in [5.41, 5.74) is 4.87. The van der Waals surface area contributed by atoms with Crippen molar-refractivity contribution in [1.29, 1.82) is 0 Å². The summed E-state index contributed by atoms with van der Waals surface area (Å²) >= 11 is 0. The normalized spacial score (nSPS) is 32.6. The molecule has 31 heavy (non-hydrogen) atoms. The summed E-state index contributed by atoms with van der Waals surface area (Å²) in [6.07, 6.45) is 7.06. The molecule has 2 aliphatic carbocycles. The van der Waals surface area contributed by atoms with Crippen molar-refractivity contribution in [2.45, 2.75) is 51.9 Å². The minimum absolute atomic E-state index is 0.413. The van der Waals surface area contributed by atoms with E-state index in [-0.39, 0.29) is 0 Å². The summed E-state index contributed by atoms with van der Waals surface area (Å²) in [6.45, 7) is 9.62. The Hall–Kier alpha value is -1.80. The average Bonchev–Trinajstić information content (AvgIpc) is 2.74. The topological polar surface area (TPSA) is 6.48 Å². The first-order valence-electron chi connectivity index (χ1n) is 12.6. The van der Waals surface area contributed by atoms with Gasteiger partial charge in [-0.3, -0.25) is 0 Å². The second kappa shape index (κ2) is 8.62. The van der Waals surface area contributed by atoms with Gasteiger partial charge in [0.25, 0.3) is 0 Å². The SMILES string of the molecule is CC1CC2CC(C)CC(C(c3ccccc3)c3ccc(N4CCN(C)CC4)cc3)(C1)C2. The fourth-order valence-electron chi connectivity index (χ4n) is 7.62. The number of likely N-dealkylation sites (N-methyl/N-ethyl adjacent to an activating group) is 1. The van der Waals surface area contributed by atoms with Gasteiger partial charge in [-0.1, -0.05) is 56.3 Å². The van der Waals surface area contributed by atoms with Gasteiger partial charge in [-0.2, -0.15) is 0 Å². The van der Waals surface area contributed by atoms with E-state index in [1.807, 2.05) is 0 Å². The number of nitrogens with zero attached hydrogens (tertiary/aromatic N) is 2. The van der Waals surface area contributed by atoms with Gasteiger partial charge in [0.2, 0.25) is 0 Å². The van der Waals surface area contributed by atoms with Crippen molar-refractivity contribution in [3.8, 4) is 0 Å². The van der Waals surface area contributed by atoms with Gasteiger partial charge in [-0.05, 0) is 85.6 Å². The van der Waals surface area contributed by atoms with Crippen molar-refractivity contribution in [2.24, 2.45) is 23.2 Å². The van der Waals surface area contributed by atoms with E-state index in [2.05, 4.69) is 85.3 Å². The molecule has 166 valence electrons. The van der Waals surface area contributed by atoms with Gasteiger partial charge in [0, 0.05) is 37.8 Å². The molecule has 3 unspecified atom stereocenters. The molecule has 2 bridgehead atoms. The summed E-state index contributed by atoms with van der Waals surface area (Å²) in [7, 11) is 2.23. The number of fused-ring (bicyclic) bond motifs is 2. The highest BCUT2D eigenvalue weighted by atomic mass is 15.2. The lowest BCUT2D eigenvalue weighted by atomic mass is 9.50. The monoisotopic (exact) mass is 416 g/mol. The zero-order valence-corrected chi connectivity index (χ0v) is 19.8. The van der Waals surface area contributed by atoms with E-state index in [1.165, 1.54) is 48.9 Å². The first-order chi connectivity index (χ1) is 15.0. The summed E-state index contributed by atoms with van der Waals surface area (Å²) in [6, 6.07) is 21.2. The first kappa shape index (κ1) is 21.1. The van der Waals surface area contributed by atoms with Crippen LogP contribution in [0.4, 0.5) is 5.69 Å². The number of hydrogen-bond acceptors (Lipinski definition) is 2. The molecule has 3 atom stereocenters. The van der Waals surface area contributed by atoms with Crippen LogP contribution in [-0.2, 0) is 0 Å². The lowest BCUT2D eigenvalue weighted by Gasteiger charge is -2.54. The summed E-state index contributed by atoms with van der Waals surface area (Å²) in [4.78, 5) is 4.99. The molecular weight excluding hydrogens is 376 g/mol. The number of anilines is 1. The quantitative estimate of drug-likeness (QED) is 0.567. The van der Waals surface area contributed by atoms with E-state index in [4.69, 9.17) is 0 Å². The minimum atomic E-state index is 0.413. The Bertz CT molecular complexity index is 831. The van der Waals surface area contributed by atoms with Crippen LogP contribution in [0.5, 0.6) is 0 Å². The van der Waals surface area contributed by atoms with Gasteiger partial charge in [0.15, 0.2) is 0 Å². The maximum atomic E-state index is 2.56. The van der Waals surface area contributed by atoms with Crippen molar-refractivity contribution in [1.82, 2.24) is 4.90 Å². The molecule has 2 heteroatoms. The highest BCUT2D eigenvalue weighted by Crippen LogP contribution is 2.60. The van der Waals surface area contributed by atoms with E-state index in [1.54, 1.807) is 0 Å². The van der Waals surface area contributed by atoms with Gasteiger partial charge in [0.05, 0.1) is 0 Å². The van der Waals surface area contributed by atoms with Crippen LogP contribution in [0.1, 0.15) is 63.0 Å². The van der Waals surface area contributed by atoms with Gasteiger partial charge in [-0.25, -0.2) is 0 Å². The van der Waals surface area contributed by atoms with Gasteiger partial charge in [0.1, 0.15) is 0 Å². The second-order valence-electron chi connectivity index (χ2n) is 11.2. The molecule has 0 aromatic heterocycles. The Kier molecular flexibility index (Phi) is 5.86. The van der Waals surface area contributed by atoms with Crippen molar-refractivity contribution < 1.29 is 0 Å². The molecular formula is C29H40N2. The predicted molar refractivity (Wildman–Crippen MR) is 132 cm³/mol. The fourth-order valence-corrected chi connectivity index (χ4v) is 7.62. The molecule has 2 saturated carbocycles. The second-order valence-corrected chi connectivity index (χ2v) is 11.2. The number of rotatable bonds is 4. The third-order valence-corrected chi connectivity index (χ3v) is 8.52. The van der Waals surface area contributed by atoms with E-state index in [0.717, 1.165) is 43.9 Å². The van der Waals surface area contributed by atoms with Crippen molar-refractivity contribution in [3.63, 3.8) is 0 Å². The van der Waals surface area contributed by atoms with Crippen LogP contribution in [0, 0.1) is 23.2 Å². The number of hydrogen-bond donors (Lipinski definition) is 0. The number of piperazine rings is 1. The first-order valence-corrected chi connectivity index (χ1v) is 12.6. The standard InChI is InChI=1S/C29H40N2/c1-22-17-24-18-23(2)20-29(19-22,21-24)28(25-7-5-4-6-8-25)26-9-11-27(12-10-26)31-15-13-30(3)14-16-31/h4-12,22-24,28H,13-21H2,1-3H3. The van der Waals surface area contributed by atoms with E-state index in [0.29, 0.717) is 11.3 Å². The van der Waals surface area contributed by atoms with Gasteiger partial charge < -0.3 is 9.80 Å². The Balaban J connectivity index is 1.50. The smallest absolute Gasteiger partial charge is 0.0367 e. The van der Waals surface area contributed by atoms with Crippen LogP contribution in [0.15, 0.2) is 54.6 Å². The Morgan fingerprint density at radius 2 is 1.32 bits per heavy atom. The Morgan fingerprint density at radius 1 is 0.742 bits per heavy atom. The maximum absolute atomic E-state index is 2.56. The molecule has 1 aliphatic heterocycles. The van der Waals surface area contributed by atoms with Crippen LogP contribution in [-0.4, -0.2) is 38.1 Å². The number of benzene rings is 2. The molecule has 0 spiro atoms. The summed E-state index contributed by atoms with van der Waals surface area (Å²) in [5, 5.41) is 0. The van der Waals surface area contributed by atoms with Crippen LogP contribution >= 0.6 is 0 Å². The highest BCUT2D eigenvalue weighted by Gasteiger charge is 2.49. The molecule has 2 aromatic rings. The van der Waals surface area contributed by atoms with Crippen LogP contribution in [0.2, 0.25) is 0 Å². The van der Waals surface area contributed by atoms with E-state index >= 15 is 0 Å². The third-order valence-electron chi connectivity index (χ3n) is 8.52. The minimum Gasteiger partial charge on any atom is -0.369 e. The lowest BCUT2D eigenvalue weighted by Crippen LogP contribution is -2.44. The van der Waals surface area contributed by atoms with Gasteiger partial charge in [-0.15, -0.1) is 0 Å². The largest absolute Gasteiger partial charge is 0.369 e. The summed E-state index contributed by atoms with van der Waals surface area (Å²) < 4.78 is 0. The average molecular weight is 417 g/mol. The molecule has 3 fully saturated rings. The third kappa shape index (κ3) is 4.29. The van der Waals surface area contributed by atoms with Crippen LogP contribution in [0.25, 0.3) is 0 Å². The molecule has 0 amide bonds.